The zero-order chi connectivity index (χ0) is 17.8. The minimum Gasteiger partial charge on any atom is -0.380 e. The minimum absolute atomic E-state index is 0.134. The molecule has 1 aliphatic heterocycles. The molecule has 2 aromatic carbocycles. The van der Waals surface area contributed by atoms with Gasteiger partial charge < -0.3 is 10.3 Å². The second-order valence-electron chi connectivity index (χ2n) is 7.09. The average Bonchev–Trinajstić information content (AvgIpc) is 3.02. The molecule has 0 saturated heterocycles. The van der Waals surface area contributed by atoms with Crippen molar-refractivity contribution >= 4 is 16.6 Å². The van der Waals surface area contributed by atoms with Crippen LogP contribution in [0.2, 0.25) is 0 Å². The van der Waals surface area contributed by atoms with Gasteiger partial charge in [0.25, 0.3) is 0 Å². The van der Waals surface area contributed by atoms with Crippen LogP contribution in [0.1, 0.15) is 31.9 Å². The van der Waals surface area contributed by atoms with E-state index in [1.165, 1.54) is 6.07 Å². The molecule has 0 saturated carbocycles. The van der Waals surface area contributed by atoms with Gasteiger partial charge in [0, 0.05) is 28.6 Å². The number of nitrogens with one attached hydrogen (secondary N) is 2. The number of nitrogens with zero attached hydrogens (tertiary/aromatic N) is 1. The van der Waals surface area contributed by atoms with E-state index in [1.54, 1.807) is 18.3 Å². The zero-order valence-corrected chi connectivity index (χ0v) is 13.9. The maximum absolute atomic E-state index is 15.3. The van der Waals surface area contributed by atoms with Gasteiger partial charge in [0.15, 0.2) is 0 Å². The van der Waals surface area contributed by atoms with Crippen molar-refractivity contribution < 1.29 is 8.78 Å². The summed E-state index contributed by atoms with van der Waals surface area (Å²) in [4.78, 5) is 14.3. The summed E-state index contributed by atoms with van der Waals surface area (Å²) in [5.41, 5.74) is 0.898. The number of anilines is 1. The molecule has 2 heterocycles. The lowest BCUT2D eigenvalue weighted by atomic mass is 9.84. The molecule has 1 aromatic heterocycles. The maximum Gasteiger partial charge on any atom is 0.141 e. The topological polar surface area (TPSA) is 57.2 Å². The van der Waals surface area contributed by atoms with E-state index in [0.717, 1.165) is 5.39 Å². The van der Waals surface area contributed by atoms with Gasteiger partial charge in [-0.25, -0.2) is 8.78 Å². The fourth-order valence-corrected chi connectivity index (χ4v) is 3.69. The molecule has 1 aliphatic rings. The van der Waals surface area contributed by atoms with E-state index >= 15 is 4.39 Å². The molecule has 4 rings (SSSR count). The first kappa shape index (κ1) is 15.7. The van der Waals surface area contributed by atoms with Crippen LogP contribution in [0.15, 0.2) is 41.7 Å². The van der Waals surface area contributed by atoms with Gasteiger partial charge >= 0.3 is 0 Å². The number of aromatic amines is 1. The van der Waals surface area contributed by atoms with Gasteiger partial charge in [-0.05, 0) is 37.8 Å². The van der Waals surface area contributed by atoms with E-state index in [2.05, 4.69) is 15.5 Å². The summed E-state index contributed by atoms with van der Waals surface area (Å²) >= 11 is 0. The number of halogens is 2. The number of H-pyrrole nitrogens is 1. The van der Waals surface area contributed by atoms with E-state index in [0.29, 0.717) is 23.2 Å². The van der Waals surface area contributed by atoms with Crippen molar-refractivity contribution in [3.8, 4) is 11.1 Å². The Balaban J connectivity index is 2.00. The fourth-order valence-electron chi connectivity index (χ4n) is 3.69. The standard InChI is InChI=1S/C19H17F2N3O/c1-19(2)9-14(24-25)16-13(23-19)8-12(20)15(17(16)21)11-5-3-4-10-6-7-22-18(10)11/h3-8,14,22-23H,9H2,1-2H3. The number of hydrogen-bond donors (Lipinski definition) is 2. The first-order valence-electron chi connectivity index (χ1n) is 8.10. The minimum atomic E-state index is -0.853. The highest BCUT2D eigenvalue weighted by Gasteiger charge is 2.37. The number of benzene rings is 2. The number of nitroso groups, excluding NO2 is 1. The Labute approximate surface area is 143 Å². The van der Waals surface area contributed by atoms with Crippen molar-refractivity contribution in [3.05, 3.63) is 58.6 Å². The molecule has 0 fully saturated rings. The Bertz CT molecular complexity index is 994. The summed E-state index contributed by atoms with van der Waals surface area (Å²) in [7, 11) is 0. The highest BCUT2D eigenvalue weighted by Crippen LogP contribution is 2.45. The summed E-state index contributed by atoms with van der Waals surface area (Å²) in [5.74, 6) is -1.40. The number of rotatable bonds is 2. The largest absolute Gasteiger partial charge is 0.380 e. The first-order chi connectivity index (χ1) is 11.9. The Morgan fingerprint density at radius 3 is 2.80 bits per heavy atom. The van der Waals surface area contributed by atoms with Gasteiger partial charge in [0.05, 0.1) is 11.1 Å². The molecule has 0 amide bonds. The summed E-state index contributed by atoms with van der Waals surface area (Å²) in [6, 6.07) is 7.52. The normalized spacial score (nSPS) is 18.6. The summed E-state index contributed by atoms with van der Waals surface area (Å²) < 4.78 is 30.2. The Morgan fingerprint density at radius 1 is 1.24 bits per heavy atom. The molecule has 1 atom stereocenters. The molecular weight excluding hydrogens is 324 g/mol. The molecule has 6 heteroatoms. The highest BCUT2D eigenvalue weighted by atomic mass is 19.1. The van der Waals surface area contributed by atoms with Crippen molar-refractivity contribution in [3.63, 3.8) is 0 Å². The highest BCUT2D eigenvalue weighted by molar-refractivity contribution is 5.95. The van der Waals surface area contributed by atoms with Crippen molar-refractivity contribution in [2.24, 2.45) is 5.18 Å². The molecule has 2 N–H and O–H groups in total. The molecule has 1 unspecified atom stereocenters. The van der Waals surface area contributed by atoms with Gasteiger partial charge in [-0.15, -0.1) is 0 Å². The average molecular weight is 341 g/mol. The predicted molar refractivity (Wildman–Crippen MR) is 94.5 cm³/mol. The van der Waals surface area contributed by atoms with Crippen molar-refractivity contribution in [1.29, 1.82) is 0 Å². The van der Waals surface area contributed by atoms with Crippen molar-refractivity contribution in [2.45, 2.75) is 31.8 Å². The zero-order valence-electron chi connectivity index (χ0n) is 13.9. The molecule has 0 radical (unpaired) electrons. The van der Waals surface area contributed by atoms with E-state index in [1.807, 2.05) is 26.0 Å². The molecule has 0 bridgehead atoms. The van der Waals surface area contributed by atoms with Crippen LogP contribution in [0.5, 0.6) is 0 Å². The second-order valence-corrected chi connectivity index (χ2v) is 7.09. The van der Waals surface area contributed by atoms with Crippen molar-refractivity contribution in [1.82, 2.24) is 4.98 Å². The number of aromatic nitrogens is 1. The van der Waals surface area contributed by atoms with Crippen LogP contribution in [0, 0.1) is 16.5 Å². The maximum atomic E-state index is 15.3. The molecule has 128 valence electrons. The summed E-state index contributed by atoms with van der Waals surface area (Å²) in [5, 5.41) is 7.07. The Morgan fingerprint density at radius 2 is 2.04 bits per heavy atom. The van der Waals surface area contributed by atoms with Crippen LogP contribution in [0.3, 0.4) is 0 Å². The Hall–Kier alpha value is -2.76. The molecule has 25 heavy (non-hydrogen) atoms. The number of fused-ring (bicyclic) bond motifs is 2. The lowest BCUT2D eigenvalue weighted by Crippen LogP contribution is -2.37. The third-order valence-corrected chi connectivity index (χ3v) is 4.75. The number of hydrogen-bond acceptors (Lipinski definition) is 3. The lowest BCUT2D eigenvalue weighted by Gasteiger charge is -2.36. The van der Waals surface area contributed by atoms with Crippen LogP contribution in [-0.2, 0) is 0 Å². The number of para-hydroxylation sites is 1. The van der Waals surface area contributed by atoms with E-state index < -0.39 is 23.2 Å². The van der Waals surface area contributed by atoms with Crippen LogP contribution in [-0.4, -0.2) is 10.5 Å². The van der Waals surface area contributed by atoms with E-state index in [4.69, 9.17) is 0 Å². The summed E-state index contributed by atoms with van der Waals surface area (Å²) in [6.07, 6.45) is 2.07. The van der Waals surface area contributed by atoms with E-state index in [9.17, 15) is 9.30 Å². The van der Waals surface area contributed by atoms with Gasteiger partial charge in [-0.3, -0.25) is 0 Å². The van der Waals surface area contributed by atoms with E-state index in [-0.39, 0.29) is 11.1 Å². The SMILES string of the molecule is CC1(C)CC(N=O)c2c(cc(F)c(-c3cccc4cc[nH]c34)c2F)N1. The second kappa shape index (κ2) is 5.37. The molecule has 3 aromatic rings. The van der Waals surface area contributed by atoms with Gasteiger partial charge in [0.2, 0.25) is 0 Å². The van der Waals surface area contributed by atoms with Crippen LogP contribution in [0.4, 0.5) is 14.5 Å². The van der Waals surface area contributed by atoms with Gasteiger partial charge in [-0.2, -0.15) is 4.91 Å². The summed E-state index contributed by atoms with van der Waals surface area (Å²) in [6.45, 7) is 3.75. The van der Waals surface area contributed by atoms with Crippen LogP contribution in [0.25, 0.3) is 22.0 Å². The fraction of sp³-hybridized carbons (Fsp3) is 0.263. The third-order valence-electron chi connectivity index (χ3n) is 4.75. The molecule has 4 nitrogen and oxygen atoms in total. The van der Waals surface area contributed by atoms with Crippen molar-refractivity contribution in [2.75, 3.05) is 5.32 Å². The monoisotopic (exact) mass is 341 g/mol. The van der Waals surface area contributed by atoms with Crippen LogP contribution >= 0.6 is 0 Å². The molecular formula is C19H17F2N3O. The van der Waals surface area contributed by atoms with Gasteiger partial charge in [0.1, 0.15) is 17.7 Å². The Kier molecular flexibility index (Phi) is 3.39. The third kappa shape index (κ3) is 2.40. The molecule has 0 spiro atoms. The van der Waals surface area contributed by atoms with Gasteiger partial charge in [-0.1, -0.05) is 23.4 Å². The predicted octanol–water partition coefficient (Wildman–Crippen LogP) is 5.51. The quantitative estimate of drug-likeness (QED) is 0.603. The van der Waals surface area contributed by atoms with Crippen LogP contribution < -0.4 is 5.32 Å². The molecule has 0 aliphatic carbocycles. The lowest BCUT2D eigenvalue weighted by molar-refractivity contribution is 0.428. The first-order valence-corrected chi connectivity index (χ1v) is 8.10. The smallest absolute Gasteiger partial charge is 0.141 e.